The molecule has 0 saturated heterocycles. The molecule has 12 nitrogen and oxygen atoms in total. The van der Waals surface area contributed by atoms with Crippen LogP contribution in [0.4, 0.5) is 24.8 Å². The summed E-state index contributed by atoms with van der Waals surface area (Å²) in [6.45, 7) is 4.37. The summed E-state index contributed by atoms with van der Waals surface area (Å²) in [5, 5.41) is 7.32. The topological polar surface area (TPSA) is 148 Å². The molecule has 5 heterocycles. The fourth-order valence-corrected chi connectivity index (χ4v) is 4.69. The van der Waals surface area contributed by atoms with Gasteiger partial charge in [-0.25, -0.2) is 29.1 Å². The number of hydrogen-bond acceptors (Lipinski definition) is 9. The van der Waals surface area contributed by atoms with Gasteiger partial charge in [-0.15, -0.1) is 0 Å². The predicted octanol–water partition coefficient (Wildman–Crippen LogP) is 5.78. The highest BCUT2D eigenvalue weighted by Crippen LogP contribution is 2.31. The number of hydrogen-bond donors (Lipinski definition) is 3. The lowest BCUT2D eigenvalue weighted by Crippen LogP contribution is -2.25. The molecule has 0 atom stereocenters. The van der Waals surface area contributed by atoms with Crippen molar-refractivity contribution < 1.29 is 13.2 Å². The van der Waals surface area contributed by atoms with Crippen LogP contribution in [0.1, 0.15) is 25.2 Å². The molecular formula is C29H27Cl2F3N10O2. The fourth-order valence-electron chi connectivity index (χ4n) is 4.31. The summed E-state index contributed by atoms with van der Waals surface area (Å²) in [5.74, 6) is 0.609. The summed E-state index contributed by atoms with van der Waals surface area (Å²) < 4.78 is 41.4. The van der Waals surface area contributed by atoms with E-state index in [9.17, 15) is 22.8 Å². The van der Waals surface area contributed by atoms with Gasteiger partial charge >= 0.3 is 17.6 Å². The van der Waals surface area contributed by atoms with E-state index in [4.69, 9.17) is 23.2 Å². The summed E-state index contributed by atoms with van der Waals surface area (Å²) in [4.78, 5) is 46.8. The lowest BCUT2D eigenvalue weighted by atomic mass is 10.2. The van der Waals surface area contributed by atoms with E-state index in [1.54, 1.807) is 36.3 Å². The summed E-state index contributed by atoms with van der Waals surface area (Å²) in [5.41, 5.74) is -1.000. The molecular weight excluding hydrogens is 648 g/mol. The number of nitrogens with one attached hydrogen (secondary N) is 3. The van der Waals surface area contributed by atoms with E-state index in [1.165, 1.54) is 31.4 Å². The van der Waals surface area contributed by atoms with Crippen LogP contribution in [-0.2, 0) is 12.7 Å². The monoisotopic (exact) mass is 674 g/mol. The second-order valence-corrected chi connectivity index (χ2v) is 9.86. The van der Waals surface area contributed by atoms with Crippen molar-refractivity contribution >= 4 is 56.8 Å². The molecule has 1 aromatic carbocycles. The van der Waals surface area contributed by atoms with Crippen LogP contribution < -0.4 is 22.0 Å². The van der Waals surface area contributed by atoms with E-state index in [1.807, 2.05) is 19.9 Å². The molecule has 17 heteroatoms. The zero-order chi connectivity index (χ0) is 33.6. The Morgan fingerprint density at radius 3 is 2.22 bits per heavy atom. The number of benzene rings is 1. The van der Waals surface area contributed by atoms with E-state index >= 15 is 0 Å². The number of halogens is 5. The summed E-state index contributed by atoms with van der Waals surface area (Å²) in [6.07, 6.45) is -0.0507. The molecule has 0 aliphatic rings. The molecule has 0 saturated carbocycles. The Hall–Kier alpha value is -5.02. The third-order valence-corrected chi connectivity index (χ3v) is 6.81. The zero-order valence-electron chi connectivity index (χ0n) is 24.8. The number of rotatable bonds is 5. The number of fused-ring (bicyclic) bond motifs is 2. The molecule has 0 amide bonds. The van der Waals surface area contributed by atoms with E-state index in [0.717, 1.165) is 27.2 Å². The standard InChI is InChI=1S/C14H9ClF3N5O.C13H12ClN5O.C2H6/c1-19-10-7-4-5-9(14(16,17)18)21-11(7)23(13(24)22-10)12-8(15)3-2-6-20-12;1-15-12-10-3-2-8(14)4-11(10)19(13(20)18-12)6-9-5-16-7-17-9;1-2/h2-6H,1H3,(H,19,22,24);2-5,7H,6H2,1H3,(H,16,17)(H,15,18,20);1-2H3. The Balaban J connectivity index is 0.000000201. The summed E-state index contributed by atoms with van der Waals surface area (Å²) in [6, 6.07) is 10.4. The Kier molecular flexibility index (Phi) is 10.6. The van der Waals surface area contributed by atoms with Crippen molar-refractivity contribution in [1.29, 1.82) is 0 Å². The van der Waals surface area contributed by atoms with Crippen LogP contribution in [0.5, 0.6) is 0 Å². The van der Waals surface area contributed by atoms with E-state index in [-0.39, 0.29) is 33.4 Å². The smallest absolute Gasteiger partial charge is 0.372 e. The lowest BCUT2D eigenvalue weighted by molar-refractivity contribution is -0.141. The number of anilines is 2. The largest absolute Gasteiger partial charge is 0.433 e. The first-order valence-electron chi connectivity index (χ1n) is 13.7. The number of pyridine rings is 2. The highest BCUT2D eigenvalue weighted by atomic mass is 35.5. The molecule has 6 rings (SSSR count). The molecule has 5 aromatic heterocycles. The lowest BCUT2D eigenvalue weighted by Gasteiger charge is -2.13. The Labute approximate surface area is 269 Å². The molecule has 46 heavy (non-hydrogen) atoms. The summed E-state index contributed by atoms with van der Waals surface area (Å²) >= 11 is 12.1. The van der Waals surface area contributed by atoms with Gasteiger partial charge in [-0.05, 0) is 42.5 Å². The third-order valence-electron chi connectivity index (χ3n) is 6.28. The maximum absolute atomic E-state index is 13.0. The van der Waals surface area contributed by atoms with Crippen LogP contribution in [0.25, 0.3) is 27.8 Å². The van der Waals surface area contributed by atoms with Crippen LogP contribution in [0, 0.1) is 0 Å². The van der Waals surface area contributed by atoms with Crippen molar-refractivity contribution in [3.05, 3.63) is 104 Å². The van der Waals surface area contributed by atoms with Gasteiger partial charge in [0.2, 0.25) is 0 Å². The average molecular weight is 676 g/mol. The van der Waals surface area contributed by atoms with Gasteiger partial charge in [-0.3, -0.25) is 4.57 Å². The Morgan fingerprint density at radius 1 is 0.913 bits per heavy atom. The van der Waals surface area contributed by atoms with Crippen molar-refractivity contribution in [1.82, 2.24) is 39.0 Å². The van der Waals surface area contributed by atoms with Gasteiger partial charge in [0.05, 0.1) is 34.5 Å². The van der Waals surface area contributed by atoms with Crippen molar-refractivity contribution in [3.63, 3.8) is 0 Å². The fraction of sp³-hybridized carbons (Fsp3) is 0.207. The number of nitrogens with zero attached hydrogens (tertiary/aromatic N) is 7. The average Bonchev–Trinajstić information content (AvgIpc) is 3.56. The maximum atomic E-state index is 13.0. The van der Waals surface area contributed by atoms with Gasteiger partial charge in [0, 0.05) is 36.9 Å². The van der Waals surface area contributed by atoms with Crippen LogP contribution in [0.2, 0.25) is 10.0 Å². The van der Waals surface area contributed by atoms with E-state index in [0.29, 0.717) is 17.4 Å². The van der Waals surface area contributed by atoms with Crippen molar-refractivity contribution in [2.75, 3.05) is 24.7 Å². The Bertz CT molecular complexity index is 2100. The first-order chi connectivity index (χ1) is 22.0. The molecule has 3 N–H and O–H groups in total. The minimum atomic E-state index is -4.66. The van der Waals surface area contributed by atoms with Gasteiger partial charge in [0.15, 0.2) is 11.5 Å². The van der Waals surface area contributed by atoms with Crippen LogP contribution in [-0.4, -0.2) is 53.1 Å². The zero-order valence-corrected chi connectivity index (χ0v) is 26.3. The minimum absolute atomic E-state index is 0.0452. The predicted molar refractivity (Wildman–Crippen MR) is 172 cm³/mol. The molecule has 6 aromatic rings. The molecule has 0 bridgehead atoms. The SMILES string of the molecule is CC.CNc1nc(=O)n(-c2ncccc2Cl)c2nc(C(F)(F)F)ccc12.CNc1nc(=O)n(Cc2cnc[nH]2)c2cc(Cl)ccc12. The van der Waals surface area contributed by atoms with Gasteiger partial charge in [0.1, 0.15) is 17.3 Å². The van der Waals surface area contributed by atoms with E-state index in [2.05, 4.69) is 40.5 Å². The number of imidazole rings is 1. The normalized spacial score (nSPS) is 11.0. The second-order valence-electron chi connectivity index (χ2n) is 9.02. The van der Waals surface area contributed by atoms with E-state index < -0.39 is 17.6 Å². The molecule has 0 unspecified atom stereocenters. The van der Waals surface area contributed by atoms with Gasteiger partial charge < -0.3 is 15.6 Å². The van der Waals surface area contributed by atoms with Crippen LogP contribution in [0.15, 0.2) is 70.8 Å². The van der Waals surface area contributed by atoms with Gasteiger partial charge in [0.25, 0.3) is 0 Å². The minimum Gasteiger partial charge on any atom is -0.372 e. The first kappa shape index (κ1) is 33.9. The molecule has 0 aliphatic carbocycles. The molecule has 240 valence electrons. The highest BCUT2D eigenvalue weighted by molar-refractivity contribution is 6.32. The molecule has 0 fully saturated rings. The molecule has 0 aliphatic heterocycles. The van der Waals surface area contributed by atoms with Crippen LogP contribution in [0.3, 0.4) is 0 Å². The highest BCUT2D eigenvalue weighted by Gasteiger charge is 2.33. The molecule has 0 spiro atoms. The third kappa shape index (κ3) is 7.10. The Morgan fingerprint density at radius 2 is 1.59 bits per heavy atom. The van der Waals surface area contributed by atoms with Crippen molar-refractivity contribution in [2.45, 2.75) is 26.6 Å². The number of aromatic amines is 1. The first-order valence-corrected chi connectivity index (χ1v) is 14.4. The number of aromatic nitrogens is 8. The number of H-pyrrole nitrogens is 1. The molecule has 0 radical (unpaired) electrons. The second kappa shape index (κ2) is 14.4. The number of alkyl halides is 3. The van der Waals surface area contributed by atoms with Crippen LogP contribution >= 0.6 is 23.2 Å². The van der Waals surface area contributed by atoms with Crippen molar-refractivity contribution in [2.24, 2.45) is 0 Å². The summed E-state index contributed by atoms with van der Waals surface area (Å²) in [7, 11) is 3.23. The van der Waals surface area contributed by atoms with Gasteiger partial charge in [-0.2, -0.15) is 23.1 Å². The van der Waals surface area contributed by atoms with Gasteiger partial charge in [-0.1, -0.05) is 37.0 Å². The van der Waals surface area contributed by atoms with Crippen molar-refractivity contribution in [3.8, 4) is 5.82 Å². The maximum Gasteiger partial charge on any atom is 0.433 e. The quantitative estimate of drug-likeness (QED) is 0.207.